The van der Waals surface area contributed by atoms with Gasteiger partial charge >= 0.3 is 0 Å². The van der Waals surface area contributed by atoms with Gasteiger partial charge in [-0.1, -0.05) is 20.3 Å². The zero-order valence-corrected chi connectivity index (χ0v) is 10.4. The standard InChI is InChI=1S/C12H21N3O/c1-4-7-8-15(6-3)11-9-12(16)14-10(5-2)13-11/h9H,4-8H2,1-3H3,(H,13,14,16). The summed E-state index contributed by atoms with van der Waals surface area (Å²) in [5, 5.41) is 0. The van der Waals surface area contributed by atoms with Crippen LogP contribution in [0.2, 0.25) is 0 Å². The minimum absolute atomic E-state index is 0.0585. The summed E-state index contributed by atoms with van der Waals surface area (Å²) in [4.78, 5) is 20.8. The molecule has 0 aliphatic carbocycles. The van der Waals surface area contributed by atoms with Crippen LogP contribution in [0.4, 0.5) is 5.82 Å². The number of aryl methyl sites for hydroxylation is 1. The maximum atomic E-state index is 11.4. The fraction of sp³-hybridized carbons (Fsp3) is 0.667. The van der Waals surface area contributed by atoms with Crippen LogP contribution in [-0.4, -0.2) is 23.1 Å². The fourth-order valence-electron chi connectivity index (χ4n) is 1.61. The van der Waals surface area contributed by atoms with Crippen LogP contribution in [0.5, 0.6) is 0 Å². The Bertz CT molecular complexity index is 373. The maximum absolute atomic E-state index is 11.4. The SMILES string of the molecule is CCCCN(CC)c1cc(=O)[nH]c(CC)n1. The highest BCUT2D eigenvalue weighted by atomic mass is 16.1. The third-order valence-corrected chi connectivity index (χ3v) is 2.60. The number of nitrogens with zero attached hydrogens (tertiary/aromatic N) is 2. The lowest BCUT2D eigenvalue weighted by Gasteiger charge is -2.21. The van der Waals surface area contributed by atoms with Crippen molar-refractivity contribution < 1.29 is 0 Å². The first-order valence-corrected chi connectivity index (χ1v) is 6.06. The van der Waals surface area contributed by atoms with Crippen LogP contribution in [0.3, 0.4) is 0 Å². The Kier molecular flexibility index (Phi) is 5.02. The summed E-state index contributed by atoms with van der Waals surface area (Å²) >= 11 is 0. The van der Waals surface area contributed by atoms with Crippen molar-refractivity contribution in [2.45, 2.75) is 40.0 Å². The van der Waals surface area contributed by atoms with Gasteiger partial charge in [0.1, 0.15) is 11.6 Å². The highest BCUT2D eigenvalue weighted by Gasteiger charge is 2.07. The number of nitrogens with one attached hydrogen (secondary N) is 1. The summed E-state index contributed by atoms with van der Waals surface area (Å²) in [6.45, 7) is 8.09. The van der Waals surface area contributed by atoms with Crippen molar-refractivity contribution in [3.05, 3.63) is 22.2 Å². The number of aromatic nitrogens is 2. The summed E-state index contributed by atoms with van der Waals surface area (Å²) in [7, 11) is 0. The second-order valence-electron chi connectivity index (χ2n) is 3.84. The van der Waals surface area contributed by atoms with Crippen LogP contribution in [0.15, 0.2) is 10.9 Å². The lowest BCUT2D eigenvalue weighted by atomic mass is 10.3. The van der Waals surface area contributed by atoms with Crippen molar-refractivity contribution in [2.24, 2.45) is 0 Å². The van der Waals surface area contributed by atoms with E-state index in [1.807, 2.05) is 6.92 Å². The van der Waals surface area contributed by atoms with Crippen LogP contribution in [0.25, 0.3) is 0 Å². The molecule has 1 aromatic heterocycles. The highest BCUT2D eigenvalue weighted by molar-refractivity contribution is 5.37. The van der Waals surface area contributed by atoms with Crippen LogP contribution < -0.4 is 10.5 Å². The minimum Gasteiger partial charge on any atom is -0.357 e. The first-order valence-electron chi connectivity index (χ1n) is 6.06. The van der Waals surface area contributed by atoms with Crippen LogP contribution in [-0.2, 0) is 6.42 Å². The molecule has 0 saturated carbocycles. The van der Waals surface area contributed by atoms with Crippen molar-refractivity contribution in [2.75, 3.05) is 18.0 Å². The molecule has 0 radical (unpaired) electrons. The molecule has 0 aromatic carbocycles. The maximum Gasteiger partial charge on any atom is 0.252 e. The molecule has 16 heavy (non-hydrogen) atoms. The molecule has 0 aliphatic heterocycles. The highest BCUT2D eigenvalue weighted by Crippen LogP contribution is 2.09. The number of unbranched alkanes of at least 4 members (excludes halogenated alkanes) is 1. The minimum atomic E-state index is -0.0585. The molecule has 0 atom stereocenters. The Hall–Kier alpha value is -1.32. The van der Waals surface area contributed by atoms with Crippen molar-refractivity contribution in [1.82, 2.24) is 9.97 Å². The average molecular weight is 223 g/mol. The molecule has 1 rings (SSSR count). The molecule has 0 saturated heterocycles. The van der Waals surface area contributed by atoms with Crippen LogP contribution in [0.1, 0.15) is 39.4 Å². The Labute approximate surface area is 96.7 Å². The molecule has 0 aliphatic rings. The van der Waals surface area contributed by atoms with Gasteiger partial charge < -0.3 is 9.88 Å². The van der Waals surface area contributed by atoms with Crippen molar-refractivity contribution in [3.8, 4) is 0 Å². The number of hydrogen-bond donors (Lipinski definition) is 1. The van der Waals surface area contributed by atoms with Gasteiger partial charge in [-0.05, 0) is 13.3 Å². The van der Waals surface area contributed by atoms with Gasteiger partial charge in [0.05, 0.1) is 0 Å². The van der Waals surface area contributed by atoms with Crippen LogP contribution in [0, 0.1) is 0 Å². The normalized spacial score (nSPS) is 10.4. The molecule has 4 nitrogen and oxygen atoms in total. The van der Waals surface area contributed by atoms with E-state index < -0.39 is 0 Å². The summed E-state index contributed by atoms with van der Waals surface area (Å²) in [5.74, 6) is 1.56. The van der Waals surface area contributed by atoms with Gasteiger partial charge in [-0.2, -0.15) is 0 Å². The van der Waals surface area contributed by atoms with E-state index in [1.54, 1.807) is 6.07 Å². The number of hydrogen-bond acceptors (Lipinski definition) is 3. The molecule has 0 bridgehead atoms. The third-order valence-electron chi connectivity index (χ3n) is 2.60. The quantitative estimate of drug-likeness (QED) is 0.802. The Morgan fingerprint density at radius 3 is 2.69 bits per heavy atom. The number of aromatic amines is 1. The zero-order valence-electron chi connectivity index (χ0n) is 10.4. The second kappa shape index (κ2) is 6.30. The van der Waals surface area contributed by atoms with E-state index in [9.17, 15) is 4.79 Å². The van der Waals surface area contributed by atoms with Crippen molar-refractivity contribution in [3.63, 3.8) is 0 Å². The molecule has 0 fully saturated rings. The smallest absolute Gasteiger partial charge is 0.252 e. The Balaban J connectivity index is 2.90. The molecular formula is C12H21N3O. The van der Waals surface area contributed by atoms with E-state index >= 15 is 0 Å². The molecule has 1 aromatic rings. The van der Waals surface area contributed by atoms with E-state index in [2.05, 4.69) is 28.7 Å². The summed E-state index contributed by atoms with van der Waals surface area (Å²) in [6, 6.07) is 1.58. The first kappa shape index (κ1) is 12.7. The second-order valence-corrected chi connectivity index (χ2v) is 3.84. The van der Waals surface area contributed by atoms with E-state index in [-0.39, 0.29) is 5.56 Å². The lowest BCUT2D eigenvalue weighted by molar-refractivity contribution is 0.718. The topological polar surface area (TPSA) is 49.0 Å². The molecular weight excluding hydrogens is 202 g/mol. The van der Waals surface area contributed by atoms with Crippen molar-refractivity contribution >= 4 is 5.82 Å². The van der Waals surface area contributed by atoms with E-state index in [0.717, 1.165) is 44.0 Å². The van der Waals surface area contributed by atoms with Gasteiger partial charge in [0.15, 0.2) is 0 Å². The number of H-pyrrole nitrogens is 1. The van der Waals surface area contributed by atoms with Gasteiger partial charge in [0.25, 0.3) is 5.56 Å². The molecule has 0 unspecified atom stereocenters. The van der Waals surface area contributed by atoms with Crippen molar-refractivity contribution in [1.29, 1.82) is 0 Å². The lowest BCUT2D eigenvalue weighted by Crippen LogP contribution is -2.27. The molecule has 90 valence electrons. The molecule has 1 heterocycles. The number of rotatable bonds is 6. The predicted octanol–water partition coefficient (Wildman–Crippen LogP) is 1.96. The van der Waals surface area contributed by atoms with Gasteiger partial charge in [0, 0.05) is 25.6 Å². The summed E-state index contributed by atoms with van der Waals surface area (Å²) in [5.41, 5.74) is -0.0585. The predicted molar refractivity (Wildman–Crippen MR) is 67.0 cm³/mol. The zero-order chi connectivity index (χ0) is 12.0. The average Bonchev–Trinajstić information content (AvgIpc) is 2.29. The monoisotopic (exact) mass is 223 g/mol. The van der Waals surface area contributed by atoms with E-state index in [0.29, 0.717) is 0 Å². The van der Waals surface area contributed by atoms with Gasteiger partial charge in [-0.15, -0.1) is 0 Å². The first-order chi connectivity index (χ1) is 7.71. The Morgan fingerprint density at radius 1 is 1.38 bits per heavy atom. The molecule has 1 N–H and O–H groups in total. The van der Waals surface area contributed by atoms with E-state index in [4.69, 9.17) is 0 Å². The van der Waals surface area contributed by atoms with Gasteiger partial charge in [0.2, 0.25) is 0 Å². The van der Waals surface area contributed by atoms with Gasteiger partial charge in [-0.25, -0.2) is 4.98 Å². The Morgan fingerprint density at radius 2 is 2.12 bits per heavy atom. The molecule has 0 amide bonds. The van der Waals surface area contributed by atoms with E-state index in [1.165, 1.54) is 0 Å². The summed E-state index contributed by atoms with van der Waals surface area (Å²) < 4.78 is 0. The summed E-state index contributed by atoms with van der Waals surface area (Å²) in [6.07, 6.45) is 3.04. The molecule has 4 heteroatoms. The third kappa shape index (κ3) is 3.36. The largest absolute Gasteiger partial charge is 0.357 e. The molecule has 0 spiro atoms. The fourth-order valence-corrected chi connectivity index (χ4v) is 1.61. The van der Waals surface area contributed by atoms with Crippen LogP contribution >= 0.6 is 0 Å². The van der Waals surface area contributed by atoms with Gasteiger partial charge in [-0.3, -0.25) is 4.79 Å². The number of anilines is 1.